The van der Waals surface area contributed by atoms with Crippen LogP contribution in [0.5, 0.6) is 0 Å². The van der Waals surface area contributed by atoms with Crippen LogP contribution in [0.1, 0.15) is 36.0 Å². The lowest BCUT2D eigenvalue weighted by Crippen LogP contribution is -2.18. The number of benzene rings is 1. The van der Waals surface area contributed by atoms with Crippen LogP contribution in [0.15, 0.2) is 47.1 Å². The van der Waals surface area contributed by atoms with Crippen LogP contribution >= 0.6 is 0 Å². The van der Waals surface area contributed by atoms with Gasteiger partial charge in [-0.05, 0) is 43.3 Å². The molecule has 1 aromatic heterocycles. The Hall–Kier alpha value is -2.07. The summed E-state index contributed by atoms with van der Waals surface area (Å²) in [7, 11) is 0. The van der Waals surface area contributed by atoms with Gasteiger partial charge in [-0.15, -0.1) is 0 Å². The summed E-state index contributed by atoms with van der Waals surface area (Å²) >= 11 is 0. The molecule has 1 amide bonds. The van der Waals surface area contributed by atoms with Gasteiger partial charge in [-0.1, -0.05) is 19.1 Å². The second-order valence-electron chi connectivity index (χ2n) is 4.34. The van der Waals surface area contributed by atoms with Crippen LogP contribution in [0.25, 0.3) is 0 Å². The first-order chi connectivity index (χ1) is 9.20. The van der Waals surface area contributed by atoms with Crippen molar-refractivity contribution in [3.05, 3.63) is 54.0 Å². The Balaban J connectivity index is 2.09. The molecule has 4 heteroatoms. The maximum absolute atomic E-state index is 11.9. The first-order valence-electron chi connectivity index (χ1n) is 6.39. The van der Waals surface area contributed by atoms with Crippen molar-refractivity contribution in [3.8, 4) is 0 Å². The summed E-state index contributed by atoms with van der Waals surface area (Å²) in [6.07, 6.45) is 1.48. The molecule has 4 nitrogen and oxygen atoms in total. The molecule has 0 fully saturated rings. The maximum atomic E-state index is 11.9. The van der Waals surface area contributed by atoms with Crippen LogP contribution in [0.4, 0.5) is 5.69 Å². The summed E-state index contributed by atoms with van der Waals surface area (Å²) < 4.78 is 5.06. The normalized spacial score (nSPS) is 12.1. The highest BCUT2D eigenvalue weighted by atomic mass is 16.3. The number of carbonyl (C=O) groups is 1. The lowest BCUT2D eigenvalue weighted by atomic mass is 10.1. The summed E-state index contributed by atoms with van der Waals surface area (Å²) in [6, 6.07) is 11.4. The van der Waals surface area contributed by atoms with E-state index >= 15 is 0 Å². The number of hydrogen-bond acceptors (Lipinski definition) is 3. The number of furan rings is 1. The van der Waals surface area contributed by atoms with Crippen LogP contribution in [-0.2, 0) is 0 Å². The lowest BCUT2D eigenvalue weighted by molar-refractivity contribution is 0.0996. The Morgan fingerprint density at radius 2 is 2.16 bits per heavy atom. The van der Waals surface area contributed by atoms with Gasteiger partial charge in [0.15, 0.2) is 5.76 Å². The molecule has 2 aromatic rings. The zero-order valence-electron chi connectivity index (χ0n) is 11.1. The van der Waals surface area contributed by atoms with E-state index in [1.54, 1.807) is 12.1 Å². The molecule has 0 aliphatic rings. The van der Waals surface area contributed by atoms with Gasteiger partial charge in [0.2, 0.25) is 0 Å². The van der Waals surface area contributed by atoms with E-state index in [-0.39, 0.29) is 11.9 Å². The summed E-state index contributed by atoms with van der Waals surface area (Å²) in [4.78, 5) is 11.9. The van der Waals surface area contributed by atoms with Crippen molar-refractivity contribution in [3.63, 3.8) is 0 Å². The van der Waals surface area contributed by atoms with Gasteiger partial charge in [0, 0.05) is 11.7 Å². The standard InChI is InChI=1S/C15H18N2O2/c1-3-16-11(2)12-6-4-7-13(10-12)17-15(18)14-8-5-9-19-14/h4-11,16H,3H2,1-2H3,(H,17,18). The van der Waals surface area contributed by atoms with Gasteiger partial charge < -0.3 is 15.1 Å². The molecule has 2 N–H and O–H groups in total. The predicted molar refractivity (Wildman–Crippen MR) is 75.2 cm³/mol. The maximum Gasteiger partial charge on any atom is 0.291 e. The largest absolute Gasteiger partial charge is 0.459 e. The average molecular weight is 258 g/mol. The Labute approximate surface area is 112 Å². The van der Waals surface area contributed by atoms with Crippen LogP contribution in [0.3, 0.4) is 0 Å². The molecular formula is C15H18N2O2. The van der Waals surface area contributed by atoms with E-state index < -0.39 is 0 Å². The number of rotatable bonds is 5. The molecule has 0 radical (unpaired) electrons. The molecule has 2 rings (SSSR count). The predicted octanol–water partition coefficient (Wildman–Crippen LogP) is 3.20. The van der Waals surface area contributed by atoms with Crippen LogP contribution in [0, 0.1) is 0 Å². The van der Waals surface area contributed by atoms with Gasteiger partial charge in [-0.25, -0.2) is 0 Å². The Kier molecular flexibility index (Phi) is 4.36. The number of anilines is 1. The molecule has 100 valence electrons. The van der Waals surface area contributed by atoms with Gasteiger partial charge in [0.1, 0.15) is 0 Å². The molecule has 1 heterocycles. The highest BCUT2D eigenvalue weighted by Crippen LogP contribution is 2.18. The van der Waals surface area contributed by atoms with Crippen LogP contribution < -0.4 is 10.6 Å². The minimum absolute atomic E-state index is 0.238. The van der Waals surface area contributed by atoms with Crippen molar-refractivity contribution in [2.75, 3.05) is 11.9 Å². The average Bonchev–Trinajstić information content (AvgIpc) is 2.93. The zero-order chi connectivity index (χ0) is 13.7. The fourth-order valence-electron chi connectivity index (χ4n) is 1.91. The number of carbonyl (C=O) groups excluding carboxylic acids is 1. The number of hydrogen-bond donors (Lipinski definition) is 2. The van der Waals surface area contributed by atoms with E-state index in [0.29, 0.717) is 5.76 Å². The highest BCUT2D eigenvalue weighted by molar-refractivity contribution is 6.02. The summed E-state index contributed by atoms with van der Waals surface area (Å²) in [5.74, 6) is 0.0726. The van der Waals surface area contributed by atoms with Crippen LogP contribution in [0.2, 0.25) is 0 Å². The highest BCUT2D eigenvalue weighted by Gasteiger charge is 2.10. The van der Waals surface area contributed by atoms with Crippen molar-refractivity contribution in [2.45, 2.75) is 19.9 Å². The Morgan fingerprint density at radius 1 is 1.32 bits per heavy atom. The molecule has 0 aliphatic heterocycles. The second-order valence-corrected chi connectivity index (χ2v) is 4.34. The van der Waals surface area contributed by atoms with Crippen molar-refractivity contribution in [2.24, 2.45) is 0 Å². The van der Waals surface area contributed by atoms with Gasteiger partial charge in [-0.3, -0.25) is 4.79 Å². The molecule has 0 saturated heterocycles. The third-order valence-electron chi connectivity index (χ3n) is 2.90. The molecule has 0 bridgehead atoms. The Morgan fingerprint density at radius 3 is 2.84 bits per heavy atom. The van der Waals surface area contributed by atoms with Crippen molar-refractivity contribution >= 4 is 11.6 Å². The second kappa shape index (κ2) is 6.20. The molecular weight excluding hydrogens is 240 g/mol. The molecule has 19 heavy (non-hydrogen) atoms. The summed E-state index contributed by atoms with van der Waals surface area (Å²) in [5, 5.41) is 6.16. The first kappa shape index (κ1) is 13.4. The van der Waals surface area contributed by atoms with E-state index in [9.17, 15) is 4.79 Å². The zero-order valence-corrected chi connectivity index (χ0v) is 11.1. The van der Waals surface area contributed by atoms with E-state index in [1.165, 1.54) is 6.26 Å². The third-order valence-corrected chi connectivity index (χ3v) is 2.90. The van der Waals surface area contributed by atoms with E-state index in [1.807, 2.05) is 24.3 Å². The van der Waals surface area contributed by atoms with Crippen molar-refractivity contribution in [1.29, 1.82) is 0 Å². The third kappa shape index (κ3) is 3.45. The molecule has 0 saturated carbocycles. The Bertz CT molecular complexity index is 535. The smallest absolute Gasteiger partial charge is 0.291 e. The first-order valence-corrected chi connectivity index (χ1v) is 6.39. The molecule has 1 atom stereocenters. The van der Waals surface area contributed by atoms with Crippen LogP contribution in [-0.4, -0.2) is 12.5 Å². The molecule has 0 spiro atoms. The molecule has 0 aliphatic carbocycles. The monoisotopic (exact) mass is 258 g/mol. The van der Waals surface area contributed by atoms with Crippen molar-refractivity contribution < 1.29 is 9.21 Å². The topological polar surface area (TPSA) is 54.3 Å². The van der Waals surface area contributed by atoms with Crippen molar-refractivity contribution in [1.82, 2.24) is 5.32 Å². The van der Waals surface area contributed by atoms with Gasteiger partial charge >= 0.3 is 0 Å². The minimum atomic E-state index is -0.238. The number of nitrogens with one attached hydrogen (secondary N) is 2. The SMILES string of the molecule is CCNC(C)c1cccc(NC(=O)c2ccco2)c1. The van der Waals surface area contributed by atoms with E-state index in [0.717, 1.165) is 17.8 Å². The summed E-state index contributed by atoms with van der Waals surface area (Å²) in [5.41, 5.74) is 1.91. The van der Waals surface area contributed by atoms with E-state index in [4.69, 9.17) is 4.42 Å². The molecule has 1 aromatic carbocycles. The summed E-state index contributed by atoms with van der Waals surface area (Å²) in [6.45, 7) is 5.07. The lowest BCUT2D eigenvalue weighted by Gasteiger charge is -2.14. The minimum Gasteiger partial charge on any atom is -0.459 e. The van der Waals surface area contributed by atoms with E-state index in [2.05, 4.69) is 24.5 Å². The fraction of sp³-hybridized carbons (Fsp3) is 0.267. The van der Waals surface area contributed by atoms with Gasteiger partial charge in [0.05, 0.1) is 6.26 Å². The van der Waals surface area contributed by atoms with Gasteiger partial charge in [0.25, 0.3) is 5.91 Å². The number of amides is 1. The fourth-order valence-corrected chi connectivity index (χ4v) is 1.91. The quantitative estimate of drug-likeness (QED) is 0.866. The van der Waals surface area contributed by atoms with Gasteiger partial charge in [-0.2, -0.15) is 0 Å². The molecule has 1 unspecified atom stereocenters.